The molecule has 1 aliphatic rings. The Morgan fingerprint density at radius 3 is 2.56 bits per heavy atom. The van der Waals surface area contributed by atoms with Crippen LogP contribution in [0.5, 0.6) is 0 Å². The van der Waals surface area contributed by atoms with Gasteiger partial charge < -0.3 is 5.32 Å². The van der Waals surface area contributed by atoms with Gasteiger partial charge in [-0.25, -0.2) is 0 Å². The second-order valence-electron chi connectivity index (χ2n) is 4.21. The predicted molar refractivity (Wildman–Crippen MR) is 65.4 cm³/mol. The van der Waals surface area contributed by atoms with Crippen molar-refractivity contribution in [1.29, 1.82) is 0 Å². The van der Waals surface area contributed by atoms with E-state index in [2.05, 4.69) is 46.7 Å². The van der Waals surface area contributed by atoms with Crippen LogP contribution in [0.4, 0.5) is 5.69 Å². The SMILES string of the molecule is c1ccc(NC2CC2c2ccccn2)cc1. The molecule has 3 rings (SSSR count). The molecule has 2 heteroatoms. The number of para-hydroxylation sites is 1. The zero-order valence-electron chi connectivity index (χ0n) is 9.01. The molecule has 80 valence electrons. The summed E-state index contributed by atoms with van der Waals surface area (Å²) >= 11 is 0. The van der Waals surface area contributed by atoms with Gasteiger partial charge in [-0.1, -0.05) is 24.3 Å². The van der Waals surface area contributed by atoms with Crippen molar-refractivity contribution >= 4 is 5.69 Å². The van der Waals surface area contributed by atoms with Crippen LogP contribution in [0.1, 0.15) is 18.0 Å². The quantitative estimate of drug-likeness (QED) is 0.842. The fourth-order valence-corrected chi connectivity index (χ4v) is 2.03. The largest absolute Gasteiger partial charge is 0.382 e. The Labute approximate surface area is 95.3 Å². The van der Waals surface area contributed by atoms with Gasteiger partial charge in [-0.05, 0) is 30.7 Å². The molecule has 2 unspecified atom stereocenters. The molecular weight excluding hydrogens is 196 g/mol. The van der Waals surface area contributed by atoms with Crippen LogP contribution >= 0.6 is 0 Å². The van der Waals surface area contributed by atoms with Gasteiger partial charge >= 0.3 is 0 Å². The summed E-state index contributed by atoms with van der Waals surface area (Å²) in [5.74, 6) is 0.585. The molecule has 1 heterocycles. The first-order chi connectivity index (χ1) is 7.93. The number of benzene rings is 1. The summed E-state index contributed by atoms with van der Waals surface area (Å²) in [6.45, 7) is 0. The molecule has 0 bridgehead atoms. The van der Waals surface area contributed by atoms with Crippen LogP contribution in [0.25, 0.3) is 0 Å². The van der Waals surface area contributed by atoms with E-state index in [-0.39, 0.29) is 0 Å². The number of nitrogens with zero attached hydrogens (tertiary/aromatic N) is 1. The smallest absolute Gasteiger partial charge is 0.0455 e. The van der Waals surface area contributed by atoms with Crippen molar-refractivity contribution in [2.24, 2.45) is 0 Å². The third-order valence-corrected chi connectivity index (χ3v) is 2.98. The summed E-state index contributed by atoms with van der Waals surface area (Å²) in [7, 11) is 0. The van der Waals surface area contributed by atoms with Crippen molar-refractivity contribution in [2.45, 2.75) is 18.4 Å². The van der Waals surface area contributed by atoms with Crippen molar-refractivity contribution in [2.75, 3.05) is 5.32 Å². The molecule has 1 fully saturated rings. The Hall–Kier alpha value is -1.83. The van der Waals surface area contributed by atoms with E-state index in [1.807, 2.05) is 18.3 Å². The molecule has 0 amide bonds. The minimum absolute atomic E-state index is 0.553. The lowest BCUT2D eigenvalue weighted by Gasteiger charge is -2.04. The molecule has 0 spiro atoms. The van der Waals surface area contributed by atoms with Crippen molar-refractivity contribution in [1.82, 2.24) is 4.98 Å². The molecule has 1 aliphatic carbocycles. The first kappa shape index (κ1) is 9.40. The molecule has 1 aromatic carbocycles. The van der Waals surface area contributed by atoms with Crippen LogP contribution in [-0.4, -0.2) is 11.0 Å². The molecule has 1 N–H and O–H groups in total. The van der Waals surface area contributed by atoms with Gasteiger partial charge in [0.15, 0.2) is 0 Å². The Kier molecular flexibility index (Phi) is 2.33. The van der Waals surface area contributed by atoms with Crippen LogP contribution in [0.2, 0.25) is 0 Å². The van der Waals surface area contributed by atoms with Crippen molar-refractivity contribution in [3.05, 3.63) is 60.4 Å². The van der Waals surface area contributed by atoms with E-state index in [1.165, 1.54) is 17.8 Å². The number of nitrogens with one attached hydrogen (secondary N) is 1. The molecule has 16 heavy (non-hydrogen) atoms. The van der Waals surface area contributed by atoms with Gasteiger partial charge in [0.25, 0.3) is 0 Å². The van der Waals surface area contributed by atoms with Gasteiger partial charge in [-0.15, -0.1) is 0 Å². The highest BCUT2D eigenvalue weighted by molar-refractivity contribution is 5.46. The maximum Gasteiger partial charge on any atom is 0.0455 e. The first-order valence-electron chi connectivity index (χ1n) is 5.66. The average molecular weight is 210 g/mol. The molecule has 0 aliphatic heterocycles. The van der Waals surface area contributed by atoms with E-state index in [0.29, 0.717) is 12.0 Å². The standard InChI is InChI=1S/C14H14N2/c1-2-6-11(7-3-1)16-14-10-12(14)13-8-4-5-9-15-13/h1-9,12,14,16H,10H2. The molecule has 0 saturated heterocycles. The molecular formula is C14H14N2. The van der Waals surface area contributed by atoms with Gasteiger partial charge in [0.2, 0.25) is 0 Å². The molecule has 2 aromatic rings. The fourth-order valence-electron chi connectivity index (χ4n) is 2.03. The summed E-state index contributed by atoms with van der Waals surface area (Å²) in [5, 5.41) is 3.52. The number of hydrogen-bond donors (Lipinski definition) is 1. The minimum atomic E-state index is 0.553. The Bertz CT molecular complexity index is 453. The summed E-state index contributed by atoms with van der Waals surface area (Å²) in [6, 6.07) is 17.0. The van der Waals surface area contributed by atoms with Crippen LogP contribution in [0.15, 0.2) is 54.7 Å². The monoisotopic (exact) mass is 210 g/mol. The van der Waals surface area contributed by atoms with Gasteiger partial charge in [-0.2, -0.15) is 0 Å². The Morgan fingerprint density at radius 1 is 1.00 bits per heavy atom. The van der Waals surface area contributed by atoms with Crippen molar-refractivity contribution in [3.63, 3.8) is 0 Å². The van der Waals surface area contributed by atoms with Crippen molar-refractivity contribution in [3.8, 4) is 0 Å². The maximum atomic E-state index is 4.39. The van der Waals surface area contributed by atoms with E-state index in [9.17, 15) is 0 Å². The zero-order valence-corrected chi connectivity index (χ0v) is 9.01. The first-order valence-corrected chi connectivity index (χ1v) is 5.66. The van der Waals surface area contributed by atoms with E-state index in [1.54, 1.807) is 0 Å². The second kappa shape index (κ2) is 3.97. The minimum Gasteiger partial charge on any atom is -0.382 e. The number of pyridine rings is 1. The van der Waals surface area contributed by atoms with Gasteiger partial charge in [0, 0.05) is 29.5 Å². The average Bonchev–Trinajstić information content (AvgIpc) is 3.11. The van der Waals surface area contributed by atoms with Gasteiger partial charge in [0.05, 0.1) is 0 Å². The fraction of sp³-hybridized carbons (Fsp3) is 0.214. The Balaban J connectivity index is 1.65. The molecule has 2 nitrogen and oxygen atoms in total. The van der Waals surface area contributed by atoms with Crippen LogP contribution in [0.3, 0.4) is 0 Å². The third kappa shape index (κ3) is 1.91. The second-order valence-corrected chi connectivity index (χ2v) is 4.21. The molecule has 1 aromatic heterocycles. The normalized spacial score (nSPS) is 22.8. The number of rotatable bonds is 3. The molecule has 0 radical (unpaired) electrons. The predicted octanol–water partition coefficient (Wildman–Crippen LogP) is 3.05. The lowest BCUT2D eigenvalue weighted by Crippen LogP contribution is -2.04. The van der Waals surface area contributed by atoms with E-state index >= 15 is 0 Å². The number of hydrogen-bond acceptors (Lipinski definition) is 2. The van der Waals surface area contributed by atoms with Crippen molar-refractivity contribution < 1.29 is 0 Å². The summed E-state index contributed by atoms with van der Waals surface area (Å²) in [4.78, 5) is 4.39. The zero-order chi connectivity index (χ0) is 10.8. The summed E-state index contributed by atoms with van der Waals surface area (Å²) < 4.78 is 0. The Morgan fingerprint density at radius 2 is 1.81 bits per heavy atom. The maximum absolute atomic E-state index is 4.39. The third-order valence-electron chi connectivity index (χ3n) is 2.98. The molecule has 2 atom stereocenters. The number of aromatic nitrogens is 1. The van der Waals surface area contributed by atoms with Gasteiger partial charge in [-0.3, -0.25) is 4.98 Å². The lowest BCUT2D eigenvalue weighted by atomic mass is 10.2. The van der Waals surface area contributed by atoms with Crippen LogP contribution in [-0.2, 0) is 0 Å². The highest BCUT2D eigenvalue weighted by Crippen LogP contribution is 2.41. The lowest BCUT2D eigenvalue weighted by molar-refractivity contribution is 0.979. The number of anilines is 1. The summed E-state index contributed by atoms with van der Waals surface area (Å²) in [5.41, 5.74) is 2.40. The topological polar surface area (TPSA) is 24.9 Å². The summed E-state index contributed by atoms with van der Waals surface area (Å²) in [6.07, 6.45) is 3.05. The highest BCUT2D eigenvalue weighted by atomic mass is 15.0. The van der Waals surface area contributed by atoms with E-state index in [0.717, 1.165) is 0 Å². The van der Waals surface area contributed by atoms with Crippen LogP contribution < -0.4 is 5.32 Å². The van der Waals surface area contributed by atoms with Crippen LogP contribution in [0, 0.1) is 0 Å². The molecule has 1 saturated carbocycles. The van der Waals surface area contributed by atoms with E-state index in [4.69, 9.17) is 0 Å². The highest BCUT2D eigenvalue weighted by Gasteiger charge is 2.39. The van der Waals surface area contributed by atoms with Gasteiger partial charge in [0.1, 0.15) is 0 Å². The van der Waals surface area contributed by atoms with E-state index < -0.39 is 0 Å².